The van der Waals surface area contributed by atoms with Crippen LogP contribution >= 0.6 is 0 Å². The molecule has 0 spiro atoms. The maximum Gasteiger partial charge on any atom is 0.251 e. The van der Waals surface area contributed by atoms with Crippen LogP contribution in [0.25, 0.3) is 0 Å². The fraction of sp³-hybridized carbons (Fsp3) is 0.500. The number of nitrogens with one attached hydrogen (secondary N) is 1. The van der Waals surface area contributed by atoms with Crippen LogP contribution in [0.3, 0.4) is 0 Å². The lowest BCUT2D eigenvalue weighted by atomic mass is 10.0. The highest BCUT2D eigenvalue weighted by molar-refractivity contribution is 5.94. The summed E-state index contributed by atoms with van der Waals surface area (Å²) >= 11 is 0. The van der Waals surface area contributed by atoms with E-state index in [4.69, 9.17) is 4.74 Å². The van der Waals surface area contributed by atoms with E-state index in [0.717, 1.165) is 43.0 Å². The van der Waals surface area contributed by atoms with Gasteiger partial charge in [0.05, 0.1) is 12.6 Å². The van der Waals surface area contributed by atoms with Gasteiger partial charge in [0, 0.05) is 12.6 Å². The first-order chi connectivity index (χ1) is 11.5. The number of benzene rings is 1. The SMILES string of the molecule is CC(C)C[C@@H](NC(=O)c1ccc2c(c1)CCCO2)c1ncnn1C. The van der Waals surface area contributed by atoms with E-state index in [0.29, 0.717) is 11.5 Å². The van der Waals surface area contributed by atoms with Crippen molar-refractivity contribution in [3.63, 3.8) is 0 Å². The second-order valence-electron chi connectivity index (χ2n) is 6.67. The molecule has 128 valence electrons. The smallest absolute Gasteiger partial charge is 0.251 e. The zero-order valence-electron chi connectivity index (χ0n) is 14.5. The van der Waals surface area contributed by atoms with Crippen LogP contribution in [0, 0.1) is 5.92 Å². The largest absolute Gasteiger partial charge is 0.493 e. The van der Waals surface area contributed by atoms with Gasteiger partial charge in [-0.15, -0.1) is 0 Å². The summed E-state index contributed by atoms with van der Waals surface area (Å²) in [7, 11) is 1.85. The van der Waals surface area contributed by atoms with Crippen molar-refractivity contribution >= 4 is 5.91 Å². The third-order valence-corrected chi connectivity index (χ3v) is 4.24. The summed E-state index contributed by atoms with van der Waals surface area (Å²) in [6, 6.07) is 5.50. The molecule has 0 unspecified atom stereocenters. The average molecular weight is 328 g/mol. The predicted molar refractivity (Wildman–Crippen MR) is 90.9 cm³/mol. The number of amides is 1. The number of hydrogen-bond donors (Lipinski definition) is 1. The van der Waals surface area contributed by atoms with Crippen molar-refractivity contribution in [2.75, 3.05) is 6.61 Å². The van der Waals surface area contributed by atoms with Crippen LogP contribution < -0.4 is 10.1 Å². The van der Waals surface area contributed by atoms with Gasteiger partial charge in [-0.1, -0.05) is 13.8 Å². The normalized spacial score (nSPS) is 14.8. The molecule has 24 heavy (non-hydrogen) atoms. The van der Waals surface area contributed by atoms with Gasteiger partial charge in [0.2, 0.25) is 0 Å². The third-order valence-electron chi connectivity index (χ3n) is 4.24. The van der Waals surface area contributed by atoms with Crippen LogP contribution in [0.2, 0.25) is 0 Å². The van der Waals surface area contributed by atoms with E-state index in [1.165, 1.54) is 6.33 Å². The zero-order chi connectivity index (χ0) is 17.1. The van der Waals surface area contributed by atoms with Crippen molar-refractivity contribution in [2.24, 2.45) is 13.0 Å². The first-order valence-corrected chi connectivity index (χ1v) is 8.45. The number of ether oxygens (including phenoxy) is 1. The quantitative estimate of drug-likeness (QED) is 0.916. The Morgan fingerprint density at radius 1 is 1.42 bits per heavy atom. The Hall–Kier alpha value is -2.37. The van der Waals surface area contributed by atoms with E-state index in [1.807, 2.05) is 25.2 Å². The van der Waals surface area contributed by atoms with Gasteiger partial charge < -0.3 is 10.1 Å². The van der Waals surface area contributed by atoms with Crippen LogP contribution in [-0.4, -0.2) is 27.3 Å². The van der Waals surface area contributed by atoms with Crippen LogP contribution in [0.5, 0.6) is 5.75 Å². The second kappa shape index (κ2) is 7.03. The summed E-state index contributed by atoms with van der Waals surface area (Å²) in [4.78, 5) is 17.0. The highest BCUT2D eigenvalue weighted by atomic mass is 16.5. The molecule has 6 nitrogen and oxygen atoms in total. The Bertz CT molecular complexity index is 724. The number of carbonyl (C=O) groups excluding carboxylic acids is 1. The Kier molecular flexibility index (Phi) is 4.83. The van der Waals surface area contributed by atoms with E-state index < -0.39 is 0 Å². The molecule has 0 aliphatic carbocycles. The van der Waals surface area contributed by atoms with E-state index in [2.05, 4.69) is 29.2 Å². The number of hydrogen-bond acceptors (Lipinski definition) is 4. The number of carbonyl (C=O) groups is 1. The van der Waals surface area contributed by atoms with Crippen molar-refractivity contribution in [2.45, 2.75) is 39.2 Å². The minimum absolute atomic E-state index is 0.0861. The number of aromatic nitrogens is 3. The molecule has 1 aromatic carbocycles. The van der Waals surface area contributed by atoms with Gasteiger partial charge in [-0.3, -0.25) is 9.48 Å². The Balaban J connectivity index is 1.79. The molecule has 0 saturated carbocycles. The molecule has 1 aliphatic heterocycles. The minimum atomic E-state index is -0.155. The number of aryl methyl sites for hydroxylation is 2. The molecule has 0 bridgehead atoms. The summed E-state index contributed by atoms with van der Waals surface area (Å²) in [6.07, 6.45) is 4.28. The highest BCUT2D eigenvalue weighted by Crippen LogP contribution is 2.26. The van der Waals surface area contributed by atoms with Crippen LogP contribution in [-0.2, 0) is 13.5 Å². The summed E-state index contributed by atoms with van der Waals surface area (Å²) in [5.74, 6) is 2.02. The van der Waals surface area contributed by atoms with Crippen LogP contribution in [0.15, 0.2) is 24.5 Å². The monoisotopic (exact) mass is 328 g/mol. The van der Waals surface area contributed by atoms with Crippen molar-refractivity contribution in [1.29, 1.82) is 0 Å². The van der Waals surface area contributed by atoms with Gasteiger partial charge in [-0.25, -0.2) is 4.98 Å². The maximum absolute atomic E-state index is 12.7. The molecule has 6 heteroatoms. The van der Waals surface area contributed by atoms with Gasteiger partial charge in [-0.2, -0.15) is 5.10 Å². The second-order valence-corrected chi connectivity index (χ2v) is 6.67. The van der Waals surface area contributed by atoms with Gasteiger partial charge >= 0.3 is 0 Å². The lowest BCUT2D eigenvalue weighted by molar-refractivity contribution is 0.0929. The first kappa shape index (κ1) is 16.5. The first-order valence-electron chi connectivity index (χ1n) is 8.45. The van der Waals surface area contributed by atoms with Gasteiger partial charge in [0.15, 0.2) is 0 Å². The standard InChI is InChI=1S/C18H24N4O2/c1-12(2)9-15(17-19-11-20-22(17)3)21-18(23)14-6-7-16-13(10-14)5-4-8-24-16/h6-7,10-12,15H,4-5,8-9H2,1-3H3,(H,21,23)/t15-/m1/s1. The molecular formula is C18H24N4O2. The highest BCUT2D eigenvalue weighted by Gasteiger charge is 2.22. The predicted octanol–water partition coefficient (Wildman–Crippen LogP) is 2.66. The number of fused-ring (bicyclic) bond motifs is 1. The molecule has 2 aromatic rings. The molecule has 0 saturated heterocycles. The topological polar surface area (TPSA) is 69.0 Å². The lowest BCUT2D eigenvalue weighted by Gasteiger charge is -2.21. The molecule has 0 fully saturated rings. The van der Waals surface area contributed by atoms with E-state index >= 15 is 0 Å². The van der Waals surface area contributed by atoms with Crippen molar-refractivity contribution in [3.8, 4) is 5.75 Å². The zero-order valence-corrected chi connectivity index (χ0v) is 14.5. The molecular weight excluding hydrogens is 304 g/mol. The molecule has 1 amide bonds. The Morgan fingerprint density at radius 3 is 2.96 bits per heavy atom. The summed E-state index contributed by atoms with van der Waals surface area (Å²) in [5.41, 5.74) is 1.77. The van der Waals surface area contributed by atoms with Crippen molar-refractivity contribution in [3.05, 3.63) is 41.5 Å². The van der Waals surface area contributed by atoms with Crippen LogP contribution in [0.1, 0.15) is 54.5 Å². The lowest BCUT2D eigenvalue weighted by Crippen LogP contribution is -2.31. The summed E-state index contributed by atoms with van der Waals surface area (Å²) in [6.45, 7) is 5.01. The van der Waals surface area contributed by atoms with Gasteiger partial charge in [0.1, 0.15) is 17.9 Å². The summed E-state index contributed by atoms with van der Waals surface area (Å²) < 4.78 is 7.33. The van der Waals surface area contributed by atoms with Crippen LogP contribution in [0.4, 0.5) is 0 Å². The van der Waals surface area contributed by atoms with Gasteiger partial charge in [0.25, 0.3) is 5.91 Å². The Morgan fingerprint density at radius 2 is 2.25 bits per heavy atom. The summed E-state index contributed by atoms with van der Waals surface area (Å²) in [5, 5.41) is 7.23. The molecule has 1 aromatic heterocycles. The fourth-order valence-corrected chi connectivity index (χ4v) is 3.06. The van der Waals surface area contributed by atoms with E-state index in [9.17, 15) is 4.79 Å². The van der Waals surface area contributed by atoms with E-state index in [-0.39, 0.29) is 11.9 Å². The number of nitrogens with zero attached hydrogens (tertiary/aromatic N) is 3. The third kappa shape index (κ3) is 3.58. The van der Waals surface area contributed by atoms with Crippen molar-refractivity contribution < 1.29 is 9.53 Å². The van der Waals surface area contributed by atoms with E-state index in [1.54, 1.807) is 4.68 Å². The molecule has 3 rings (SSSR count). The molecule has 1 aliphatic rings. The van der Waals surface area contributed by atoms with Gasteiger partial charge in [-0.05, 0) is 48.9 Å². The molecule has 2 heterocycles. The molecule has 1 atom stereocenters. The molecule has 0 radical (unpaired) electrons. The fourth-order valence-electron chi connectivity index (χ4n) is 3.06. The number of rotatable bonds is 5. The maximum atomic E-state index is 12.7. The van der Waals surface area contributed by atoms with Crippen molar-refractivity contribution in [1.82, 2.24) is 20.1 Å². The molecule has 1 N–H and O–H groups in total. The minimum Gasteiger partial charge on any atom is -0.493 e. The average Bonchev–Trinajstić information content (AvgIpc) is 2.99. The Labute approximate surface area is 142 Å².